The maximum absolute atomic E-state index is 11.5. The number of hydrogen-bond acceptors (Lipinski definition) is 2. The first-order valence-corrected chi connectivity index (χ1v) is 5.61. The summed E-state index contributed by atoms with van der Waals surface area (Å²) in [6.07, 6.45) is 1.64. The number of carbonyl (C=O) groups excluding carboxylic acids is 1. The molecule has 0 unspecified atom stereocenters. The minimum absolute atomic E-state index is 0.0141. The van der Waals surface area contributed by atoms with E-state index < -0.39 is 0 Å². The molecular formula is C14H15NO2. The second kappa shape index (κ2) is 4.87. The van der Waals surface area contributed by atoms with Crippen molar-refractivity contribution >= 4 is 11.6 Å². The highest BCUT2D eigenvalue weighted by molar-refractivity contribution is 5.92. The van der Waals surface area contributed by atoms with Gasteiger partial charge in [-0.2, -0.15) is 0 Å². The second-order valence-corrected chi connectivity index (χ2v) is 4.20. The van der Waals surface area contributed by atoms with E-state index in [2.05, 4.69) is 5.32 Å². The number of anilines is 1. The zero-order chi connectivity index (χ0) is 12.3. The van der Waals surface area contributed by atoms with Gasteiger partial charge in [-0.15, -0.1) is 0 Å². The molecule has 0 bridgehead atoms. The average Bonchev–Trinajstić information content (AvgIpc) is 2.83. The van der Waals surface area contributed by atoms with Gasteiger partial charge in [0.15, 0.2) is 0 Å². The van der Waals surface area contributed by atoms with Gasteiger partial charge in [-0.3, -0.25) is 4.79 Å². The molecule has 0 aliphatic rings. The fraction of sp³-hybridized carbons (Fsp3) is 0.214. The van der Waals surface area contributed by atoms with Crippen molar-refractivity contribution in [2.24, 2.45) is 5.92 Å². The van der Waals surface area contributed by atoms with Gasteiger partial charge in [0.1, 0.15) is 5.76 Å². The van der Waals surface area contributed by atoms with Crippen LogP contribution in [0.5, 0.6) is 0 Å². The van der Waals surface area contributed by atoms with E-state index >= 15 is 0 Å². The number of amides is 1. The summed E-state index contributed by atoms with van der Waals surface area (Å²) in [6.45, 7) is 3.74. The summed E-state index contributed by atoms with van der Waals surface area (Å²) in [5.41, 5.74) is 1.80. The third-order valence-electron chi connectivity index (χ3n) is 2.48. The fourth-order valence-corrected chi connectivity index (χ4v) is 1.45. The van der Waals surface area contributed by atoms with Crippen LogP contribution in [0.2, 0.25) is 0 Å². The number of rotatable bonds is 3. The maximum Gasteiger partial charge on any atom is 0.226 e. The van der Waals surface area contributed by atoms with Crippen molar-refractivity contribution < 1.29 is 9.21 Å². The van der Waals surface area contributed by atoms with Crippen LogP contribution in [0.3, 0.4) is 0 Å². The van der Waals surface area contributed by atoms with Crippen molar-refractivity contribution in [2.75, 3.05) is 5.32 Å². The van der Waals surface area contributed by atoms with Gasteiger partial charge in [0.25, 0.3) is 0 Å². The molecule has 0 aliphatic carbocycles. The third kappa shape index (κ3) is 2.75. The minimum atomic E-state index is -0.0141. The first kappa shape index (κ1) is 11.5. The number of benzene rings is 1. The van der Waals surface area contributed by atoms with E-state index in [-0.39, 0.29) is 11.8 Å². The largest absolute Gasteiger partial charge is 0.464 e. The van der Waals surface area contributed by atoms with Crippen molar-refractivity contribution in [3.8, 4) is 11.3 Å². The molecule has 2 rings (SSSR count). The van der Waals surface area contributed by atoms with Gasteiger partial charge < -0.3 is 9.73 Å². The molecule has 0 aliphatic heterocycles. The third-order valence-corrected chi connectivity index (χ3v) is 2.48. The smallest absolute Gasteiger partial charge is 0.226 e. The quantitative estimate of drug-likeness (QED) is 0.874. The lowest BCUT2D eigenvalue weighted by molar-refractivity contribution is -0.118. The summed E-state index contributed by atoms with van der Waals surface area (Å²) >= 11 is 0. The fourth-order valence-electron chi connectivity index (χ4n) is 1.45. The summed E-state index contributed by atoms with van der Waals surface area (Å²) in [5, 5.41) is 2.84. The van der Waals surface area contributed by atoms with E-state index in [0.717, 1.165) is 17.0 Å². The molecule has 2 aromatic rings. The summed E-state index contributed by atoms with van der Waals surface area (Å²) in [5.74, 6) is 0.835. The minimum Gasteiger partial charge on any atom is -0.464 e. The highest BCUT2D eigenvalue weighted by atomic mass is 16.3. The molecule has 1 amide bonds. The van der Waals surface area contributed by atoms with Crippen LogP contribution in [-0.2, 0) is 4.79 Å². The topological polar surface area (TPSA) is 42.2 Å². The zero-order valence-electron chi connectivity index (χ0n) is 9.94. The van der Waals surface area contributed by atoms with Gasteiger partial charge in [-0.25, -0.2) is 0 Å². The Labute approximate surface area is 100 Å². The number of hydrogen-bond donors (Lipinski definition) is 1. The monoisotopic (exact) mass is 229 g/mol. The normalized spacial score (nSPS) is 10.5. The molecule has 0 atom stereocenters. The Hall–Kier alpha value is -2.03. The van der Waals surface area contributed by atoms with Crippen molar-refractivity contribution in [3.05, 3.63) is 42.7 Å². The van der Waals surface area contributed by atoms with Crippen molar-refractivity contribution in [3.63, 3.8) is 0 Å². The van der Waals surface area contributed by atoms with Gasteiger partial charge >= 0.3 is 0 Å². The lowest BCUT2D eigenvalue weighted by atomic mass is 10.1. The molecular weight excluding hydrogens is 214 g/mol. The van der Waals surface area contributed by atoms with Crippen LogP contribution in [0.4, 0.5) is 5.69 Å². The molecule has 0 saturated carbocycles. The Morgan fingerprint density at radius 2 is 1.88 bits per heavy atom. The Morgan fingerprint density at radius 1 is 1.18 bits per heavy atom. The van der Waals surface area contributed by atoms with Crippen LogP contribution in [-0.4, -0.2) is 5.91 Å². The van der Waals surface area contributed by atoms with Crippen LogP contribution in [0.1, 0.15) is 13.8 Å². The predicted octanol–water partition coefficient (Wildman–Crippen LogP) is 3.54. The molecule has 1 N–H and O–H groups in total. The molecule has 88 valence electrons. The van der Waals surface area contributed by atoms with Crippen molar-refractivity contribution in [1.29, 1.82) is 0 Å². The van der Waals surface area contributed by atoms with Crippen LogP contribution >= 0.6 is 0 Å². The summed E-state index contributed by atoms with van der Waals surface area (Å²) in [6, 6.07) is 11.4. The van der Waals surface area contributed by atoms with Crippen LogP contribution in [0.25, 0.3) is 11.3 Å². The number of furan rings is 1. The van der Waals surface area contributed by atoms with Gasteiger partial charge in [-0.1, -0.05) is 13.8 Å². The van der Waals surface area contributed by atoms with E-state index in [0.29, 0.717) is 0 Å². The molecule has 0 fully saturated rings. The molecule has 1 aromatic heterocycles. The standard InChI is InChI=1S/C14H15NO2/c1-10(2)14(16)15-12-7-5-11(6-8-12)13-4-3-9-17-13/h3-10H,1-2H3,(H,15,16). The van der Waals surface area contributed by atoms with Gasteiger partial charge in [0, 0.05) is 17.2 Å². The maximum atomic E-state index is 11.5. The lowest BCUT2D eigenvalue weighted by Gasteiger charge is -2.07. The van der Waals surface area contributed by atoms with Crippen LogP contribution in [0.15, 0.2) is 47.1 Å². The van der Waals surface area contributed by atoms with Gasteiger partial charge in [-0.05, 0) is 36.4 Å². The Bertz CT molecular complexity index is 483. The van der Waals surface area contributed by atoms with Gasteiger partial charge in [0.2, 0.25) is 5.91 Å². The van der Waals surface area contributed by atoms with Crippen LogP contribution < -0.4 is 5.32 Å². The Morgan fingerprint density at radius 3 is 2.41 bits per heavy atom. The zero-order valence-corrected chi connectivity index (χ0v) is 9.94. The Kier molecular flexibility index (Phi) is 3.28. The number of carbonyl (C=O) groups is 1. The lowest BCUT2D eigenvalue weighted by Crippen LogP contribution is -2.17. The molecule has 0 spiro atoms. The van der Waals surface area contributed by atoms with Crippen LogP contribution in [0, 0.1) is 5.92 Å². The highest BCUT2D eigenvalue weighted by Crippen LogP contribution is 2.21. The second-order valence-electron chi connectivity index (χ2n) is 4.20. The van der Waals surface area contributed by atoms with E-state index in [1.54, 1.807) is 6.26 Å². The Balaban J connectivity index is 2.11. The highest BCUT2D eigenvalue weighted by Gasteiger charge is 2.07. The van der Waals surface area contributed by atoms with Gasteiger partial charge in [0.05, 0.1) is 6.26 Å². The summed E-state index contributed by atoms with van der Waals surface area (Å²) < 4.78 is 5.29. The van der Waals surface area contributed by atoms with E-state index in [4.69, 9.17) is 4.42 Å². The molecule has 1 aromatic carbocycles. The van der Waals surface area contributed by atoms with Crippen molar-refractivity contribution in [2.45, 2.75) is 13.8 Å². The first-order chi connectivity index (χ1) is 8.16. The summed E-state index contributed by atoms with van der Waals surface area (Å²) in [7, 11) is 0. The average molecular weight is 229 g/mol. The van der Waals surface area contributed by atoms with Crippen molar-refractivity contribution in [1.82, 2.24) is 0 Å². The molecule has 3 nitrogen and oxygen atoms in total. The first-order valence-electron chi connectivity index (χ1n) is 5.61. The summed E-state index contributed by atoms with van der Waals surface area (Å²) in [4.78, 5) is 11.5. The predicted molar refractivity (Wildman–Crippen MR) is 67.6 cm³/mol. The van der Waals surface area contributed by atoms with E-state index in [9.17, 15) is 4.79 Å². The molecule has 0 saturated heterocycles. The molecule has 0 radical (unpaired) electrons. The van der Waals surface area contributed by atoms with E-state index in [1.807, 2.05) is 50.2 Å². The van der Waals surface area contributed by atoms with E-state index in [1.165, 1.54) is 0 Å². The number of nitrogens with one attached hydrogen (secondary N) is 1. The molecule has 1 heterocycles. The molecule has 3 heteroatoms. The molecule has 17 heavy (non-hydrogen) atoms. The SMILES string of the molecule is CC(C)C(=O)Nc1ccc(-c2ccco2)cc1.